The van der Waals surface area contributed by atoms with Crippen molar-refractivity contribution < 1.29 is 19.2 Å². The number of nitrogens with zero attached hydrogens (tertiary/aromatic N) is 2. The van der Waals surface area contributed by atoms with E-state index in [2.05, 4.69) is 5.16 Å². The predicted molar refractivity (Wildman–Crippen MR) is 65.5 cm³/mol. The third kappa shape index (κ3) is 1.95. The van der Waals surface area contributed by atoms with Crippen molar-refractivity contribution >= 4 is 5.91 Å². The van der Waals surface area contributed by atoms with Crippen molar-refractivity contribution in [3.8, 4) is 0 Å². The Morgan fingerprint density at radius 1 is 1.63 bits per heavy atom. The Morgan fingerprint density at radius 3 is 3.16 bits per heavy atom. The van der Waals surface area contributed by atoms with Crippen LogP contribution in [-0.2, 0) is 4.74 Å². The van der Waals surface area contributed by atoms with Crippen LogP contribution in [0.3, 0.4) is 0 Å². The molecule has 1 aliphatic heterocycles. The number of methoxy groups -OCH3 is 1. The first kappa shape index (κ1) is 12.6. The van der Waals surface area contributed by atoms with E-state index in [1.165, 1.54) is 6.26 Å². The summed E-state index contributed by atoms with van der Waals surface area (Å²) in [6.07, 6.45) is 3.93. The lowest BCUT2D eigenvalue weighted by atomic mass is 9.79. The lowest BCUT2D eigenvalue weighted by Crippen LogP contribution is -2.52. The molecule has 2 fully saturated rings. The smallest absolute Gasteiger partial charge is 0.276 e. The molecule has 104 valence electrons. The van der Waals surface area contributed by atoms with Gasteiger partial charge in [0.2, 0.25) is 0 Å². The monoisotopic (exact) mass is 266 g/mol. The number of ether oxygens (including phenoxy) is 1. The van der Waals surface area contributed by atoms with Gasteiger partial charge in [-0.25, -0.2) is 0 Å². The van der Waals surface area contributed by atoms with Crippen LogP contribution in [0, 0.1) is 0 Å². The maximum absolute atomic E-state index is 12.4. The summed E-state index contributed by atoms with van der Waals surface area (Å²) in [5.74, 6) is -0.147. The van der Waals surface area contributed by atoms with E-state index in [0.717, 1.165) is 19.3 Å². The molecule has 1 aliphatic carbocycles. The van der Waals surface area contributed by atoms with Crippen molar-refractivity contribution in [2.24, 2.45) is 0 Å². The standard InChI is InChI=1S/C13H18N2O4/c1-18-13-4-2-9(16)8-11(13)15(6-5-13)12(17)10-3-7-19-14-10/h3,7,9,11,16H,2,4-6,8H2,1H3/t9-,11+,13-/m0/s1. The quantitative estimate of drug-likeness (QED) is 0.857. The third-order valence-electron chi connectivity index (χ3n) is 4.48. The third-order valence-corrected chi connectivity index (χ3v) is 4.48. The van der Waals surface area contributed by atoms with Gasteiger partial charge >= 0.3 is 0 Å². The highest BCUT2D eigenvalue weighted by Gasteiger charge is 2.52. The number of carbonyl (C=O) groups is 1. The van der Waals surface area contributed by atoms with Crippen LogP contribution < -0.4 is 0 Å². The molecule has 0 spiro atoms. The maximum atomic E-state index is 12.4. The largest absolute Gasteiger partial charge is 0.393 e. The summed E-state index contributed by atoms with van der Waals surface area (Å²) in [4.78, 5) is 14.2. The number of hydrogen-bond donors (Lipinski definition) is 1. The average Bonchev–Trinajstić information content (AvgIpc) is 3.06. The Balaban J connectivity index is 1.85. The van der Waals surface area contributed by atoms with Gasteiger partial charge in [0.15, 0.2) is 5.69 Å². The van der Waals surface area contributed by atoms with Crippen LogP contribution in [0.5, 0.6) is 0 Å². The number of carbonyl (C=O) groups excluding carboxylic acids is 1. The number of rotatable bonds is 2. The minimum absolute atomic E-state index is 0.0783. The first-order chi connectivity index (χ1) is 9.16. The lowest BCUT2D eigenvalue weighted by Gasteiger charge is -2.42. The molecule has 0 bridgehead atoms. The van der Waals surface area contributed by atoms with E-state index in [0.29, 0.717) is 18.7 Å². The molecule has 1 aromatic rings. The van der Waals surface area contributed by atoms with Gasteiger partial charge < -0.3 is 19.3 Å². The molecule has 3 rings (SSSR count). The molecule has 19 heavy (non-hydrogen) atoms. The van der Waals surface area contributed by atoms with Crippen LogP contribution in [0.2, 0.25) is 0 Å². The topological polar surface area (TPSA) is 75.8 Å². The molecule has 0 unspecified atom stereocenters. The van der Waals surface area contributed by atoms with Gasteiger partial charge in [-0.2, -0.15) is 0 Å². The lowest BCUT2D eigenvalue weighted by molar-refractivity contribution is -0.0825. The SMILES string of the molecule is CO[C@]12CC[C@H](O)C[C@H]1N(C(=O)c1ccon1)CC2. The van der Waals surface area contributed by atoms with Crippen LogP contribution in [0.25, 0.3) is 0 Å². The molecule has 6 nitrogen and oxygen atoms in total. The summed E-state index contributed by atoms with van der Waals surface area (Å²) in [6, 6.07) is 1.49. The Labute approximate surface area is 111 Å². The number of aliphatic hydroxyl groups excluding tert-OH is 1. The first-order valence-electron chi connectivity index (χ1n) is 6.61. The van der Waals surface area contributed by atoms with Gasteiger partial charge in [0.1, 0.15) is 6.26 Å². The summed E-state index contributed by atoms with van der Waals surface area (Å²) in [5, 5.41) is 13.6. The van der Waals surface area contributed by atoms with Gasteiger partial charge in [-0.15, -0.1) is 0 Å². The molecule has 1 saturated heterocycles. The van der Waals surface area contributed by atoms with Crippen molar-refractivity contribution in [2.75, 3.05) is 13.7 Å². The van der Waals surface area contributed by atoms with Gasteiger partial charge in [0.25, 0.3) is 5.91 Å². The number of hydrogen-bond acceptors (Lipinski definition) is 5. The molecule has 0 aromatic carbocycles. The Hall–Kier alpha value is -1.40. The molecule has 1 saturated carbocycles. The van der Waals surface area contributed by atoms with Crippen LogP contribution in [0.15, 0.2) is 16.9 Å². The number of likely N-dealkylation sites (tertiary alicyclic amines) is 1. The van der Waals surface area contributed by atoms with Crippen LogP contribution >= 0.6 is 0 Å². The van der Waals surface area contributed by atoms with E-state index in [-0.39, 0.29) is 23.7 Å². The van der Waals surface area contributed by atoms with Crippen molar-refractivity contribution in [2.45, 2.75) is 43.4 Å². The van der Waals surface area contributed by atoms with Crippen molar-refractivity contribution in [1.82, 2.24) is 10.1 Å². The summed E-state index contributed by atoms with van der Waals surface area (Å²) in [6.45, 7) is 0.636. The Kier molecular flexibility index (Phi) is 3.06. The zero-order valence-corrected chi connectivity index (χ0v) is 10.9. The second kappa shape index (κ2) is 4.61. The molecule has 1 amide bonds. The average molecular weight is 266 g/mol. The normalized spacial score (nSPS) is 34.3. The van der Waals surface area contributed by atoms with Gasteiger partial charge in [-0.3, -0.25) is 4.79 Å². The van der Waals surface area contributed by atoms with E-state index in [9.17, 15) is 9.90 Å². The predicted octanol–water partition coefficient (Wildman–Crippen LogP) is 0.819. The highest BCUT2D eigenvalue weighted by Crippen LogP contribution is 2.42. The zero-order chi connectivity index (χ0) is 13.5. The van der Waals surface area contributed by atoms with Crippen molar-refractivity contribution in [1.29, 1.82) is 0 Å². The molecule has 2 heterocycles. The van der Waals surface area contributed by atoms with E-state index in [4.69, 9.17) is 9.26 Å². The molecule has 3 atom stereocenters. The summed E-state index contributed by atoms with van der Waals surface area (Å²) in [7, 11) is 1.69. The zero-order valence-electron chi connectivity index (χ0n) is 10.9. The molecule has 2 aliphatic rings. The summed E-state index contributed by atoms with van der Waals surface area (Å²) in [5.41, 5.74) is 0.00509. The van der Waals surface area contributed by atoms with Crippen molar-refractivity contribution in [3.63, 3.8) is 0 Å². The fourth-order valence-electron chi connectivity index (χ4n) is 3.39. The molecule has 6 heteroatoms. The number of aromatic nitrogens is 1. The molecular formula is C13H18N2O4. The second-order valence-electron chi connectivity index (χ2n) is 5.35. The van der Waals surface area contributed by atoms with Gasteiger partial charge in [0.05, 0.1) is 17.7 Å². The maximum Gasteiger partial charge on any atom is 0.276 e. The first-order valence-corrected chi connectivity index (χ1v) is 6.61. The summed E-state index contributed by atoms with van der Waals surface area (Å²) >= 11 is 0. The minimum Gasteiger partial charge on any atom is -0.393 e. The van der Waals surface area contributed by atoms with Gasteiger partial charge in [-0.1, -0.05) is 5.16 Å². The van der Waals surface area contributed by atoms with E-state index >= 15 is 0 Å². The highest BCUT2D eigenvalue weighted by atomic mass is 16.5. The summed E-state index contributed by atoms with van der Waals surface area (Å²) < 4.78 is 10.4. The fourth-order valence-corrected chi connectivity index (χ4v) is 3.39. The van der Waals surface area contributed by atoms with Crippen LogP contribution in [0.4, 0.5) is 0 Å². The molecule has 1 aromatic heterocycles. The Morgan fingerprint density at radius 2 is 2.47 bits per heavy atom. The van der Waals surface area contributed by atoms with E-state index < -0.39 is 0 Å². The van der Waals surface area contributed by atoms with E-state index in [1.54, 1.807) is 18.1 Å². The number of amides is 1. The molecule has 0 radical (unpaired) electrons. The van der Waals surface area contributed by atoms with Gasteiger partial charge in [-0.05, 0) is 25.7 Å². The van der Waals surface area contributed by atoms with E-state index in [1.807, 2.05) is 0 Å². The molecule has 1 N–H and O–H groups in total. The van der Waals surface area contributed by atoms with Crippen LogP contribution in [-0.4, -0.2) is 52.5 Å². The number of aliphatic hydroxyl groups is 1. The molecular weight excluding hydrogens is 248 g/mol. The Bertz CT molecular complexity index is 461. The highest BCUT2D eigenvalue weighted by molar-refractivity contribution is 5.92. The number of fused-ring (bicyclic) bond motifs is 1. The second-order valence-corrected chi connectivity index (χ2v) is 5.35. The van der Waals surface area contributed by atoms with Crippen LogP contribution in [0.1, 0.15) is 36.2 Å². The minimum atomic E-state index is -0.362. The van der Waals surface area contributed by atoms with Gasteiger partial charge in [0, 0.05) is 19.7 Å². The van der Waals surface area contributed by atoms with Crippen molar-refractivity contribution in [3.05, 3.63) is 18.0 Å². The fraction of sp³-hybridized carbons (Fsp3) is 0.692.